The van der Waals surface area contributed by atoms with Gasteiger partial charge in [0.25, 0.3) is 5.95 Å². The number of aryl methyl sites for hydroxylation is 2. The minimum atomic E-state index is 0. The van der Waals surface area contributed by atoms with Crippen LogP contribution in [-0.4, -0.2) is 63.2 Å². The number of hydrogen-bond donors (Lipinski definition) is 0. The van der Waals surface area contributed by atoms with Gasteiger partial charge in [-0.2, -0.15) is 5.10 Å². The molecule has 3 heterocycles. The fraction of sp³-hybridized carbons (Fsp3) is 0.391. The third-order valence-corrected chi connectivity index (χ3v) is 6.58. The van der Waals surface area contributed by atoms with Crippen LogP contribution < -0.4 is 4.90 Å². The molecule has 3 aromatic rings. The molecule has 1 aromatic carbocycles. The average Bonchev–Trinajstić information content (AvgIpc) is 3.15. The molecule has 4 rings (SSSR count). The molecule has 0 unspecified atom stereocenters. The van der Waals surface area contributed by atoms with Gasteiger partial charge in [0.1, 0.15) is 0 Å². The van der Waals surface area contributed by atoms with E-state index < -0.39 is 0 Å². The molecule has 0 atom stereocenters. The molecule has 1 aliphatic rings. The highest BCUT2D eigenvalue weighted by Gasteiger charge is 2.22. The summed E-state index contributed by atoms with van der Waals surface area (Å²) in [5, 5.41) is 5.53. The van der Waals surface area contributed by atoms with Crippen LogP contribution in [0.1, 0.15) is 33.9 Å². The number of carbonyl (C=O) groups excluding carboxylic acids is 1. The van der Waals surface area contributed by atoms with Crippen LogP contribution in [0.3, 0.4) is 0 Å². The Morgan fingerprint density at radius 1 is 1.03 bits per heavy atom. The molecule has 176 valence electrons. The molecule has 0 saturated carbocycles. The van der Waals surface area contributed by atoms with Crippen molar-refractivity contribution in [1.29, 1.82) is 0 Å². The predicted molar refractivity (Wildman–Crippen MR) is 135 cm³/mol. The van der Waals surface area contributed by atoms with Crippen molar-refractivity contribution in [1.82, 2.24) is 24.6 Å². The normalized spacial score (nSPS) is 14.3. The van der Waals surface area contributed by atoms with Crippen LogP contribution in [0.4, 0.5) is 5.69 Å². The van der Waals surface area contributed by atoms with Crippen LogP contribution >= 0.6 is 35.6 Å². The van der Waals surface area contributed by atoms with Gasteiger partial charge < -0.3 is 4.90 Å². The van der Waals surface area contributed by atoms with Crippen molar-refractivity contribution in [3.63, 3.8) is 0 Å². The molecule has 0 N–H and O–H groups in total. The molecule has 1 fully saturated rings. The highest BCUT2D eigenvalue weighted by atomic mass is 35.5. The Labute approximate surface area is 210 Å². The van der Waals surface area contributed by atoms with Gasteiger partial charge >= 0.3 is 0 Å². The van der Waals surface area contributed by atoms with Crippen molar-refractivity contribution in [2.45, 2.75) is 27.2 Å². The number of piperazine rings is 1. The molecule has 33 heavy (non-hydrogen) atoms. The van der Waals surface area contributed by atoms with Crippen molar-refractivity contribution >= 4 is 47.1 Å². The predicted octanol–water partition coefficient (Wildman–Crippen LogP) is 4.71. The summed E-state index contributed by atoms with van der Waals surface area (Å²) in [4.78, 5) is 26.3. The minimum absolute atomic E-state index is 0. The number of halogens is 3. The van der Waals surface area contributed by atoms with Crippen LogP contribution in [0.5, 0.6) is 0 Å². The second kappa shape index (κ2) is 10.8. The lowest BCUT2D eigenvalue weighted by molar-refractivity contribution is 0.0962. The van der Waals surface area contributed by atoms with Crippen LogP contribution in [0.2, 0.25) is 10.0 Å². The van der Waals surface area contributed by atoms with Gasteiger partial charge in [0, 0.05) is 50.5 Å². The van der Waals surface area contributed by atoms with E-state index in [0.717, 1.165) is 48.9 Å². The van der Waals surface area contributed by atoms with E-state index in [9.17, 15) is 4.79 Å². The number of Topliss-reactive ketones (excluding diaryl/α,β-unsaturated/α-hetero) is 1. The molecular weight excluding hydrogens is 483 g/mol. The van der Waals surface area contributed by atoms with Gasteiger partial charge in [0.05, 0.1) is 33.2 Å². The molecule has 10 heteroatoms. The molecule has 0 bridgehead atoms. The molecule has 1 saturated heterocycles. The highest BCUT2D eigenvalue weighted by molar-refractivity contribution is 6.43. The van der Waals surface area contributed by atoms with Gasteiger partial charge in [-0.3, -0.25) is 9.69 Å². The molecule has 2 aromatic heterocycles. The third-order valence-electron chi connectivity index (χ3n) is 5.77. The number of aromatic nitrogens is 4. The first-order valence-corrected chi connectivity index (χ1v) is 11.4. The summed E-state index contributed by atoms with van der Waals surface area (Å²) in [5.41, 5.74) is 4.09. The molecular formula is C23H27Cl3N6O. The van der Waals surface area contributed by atoms with Crippen molar-refractivity contribution in [2.75, 3.05) is 37.6 Å². The zero-order chi connectivity index (χ0) is 22.8. The molecule has 0 radical (unpaired) electrons. The van der Waals surface area contributed by atoms with Crippen molar-refractivity contribution < 1.29 is 4.79 Å². The lowest BCUT2D eigenvalue weighted by Crippen LogP contribution is -2.47. The molecule has 0 spiro atoms. The lowest BCUT2D eigenvalue weighted by Gasteiger charge is -2.36. The Balaban J connectivity index is 0.00000306. The van der Waals surface area contributed by atoms with E-state index in [4.69, 9.17) is 23.2 Å². The third kappa shape index (κ3) is 5.66. The van der Waals surface area contributed by atoms with Crippen LogP contribution in [0, 0.1) is 20.8 Å². The van der Waals surface area contributed by atoms with Gasteiger partial charge in [-0.1, -0.05) is 29.3 Å². The Morgan fingerprint density at radius 3 is 2.36 bits per heavy atom. The number of anilines is 1. The maximum atomic E-state index is 12.9. The maximum Gasteiger partial charge on any atom is 0.251 e. The zero-order valence-electron chi connectivity index (χ0n) is 18.9. The fourth-order valence-corrected chi connectivity index (χ4v) is 4.45. The summed E-state index contributed by atoms with van der Waals surface area (Å²) < 4.78 is 1.64. The Hall–Kier alpha value is -2.19. The largest absolute Gasteiger partial charge is 0.368 e. The minimum Gasteiger partial charge on any atom is -0.368 e. The SMILES string of the molecule is Cc1cc(C)nc(-n2ncc(C(=O)CCN3CCN(c4cccc(Cl)c4Cl)CC3)c2C)n1.Cl. The van der Waals surface area contributed by atoms with Gasteiger partial charge in [-0.15, -0.1) is 12.4 Å². The van der Waals surface area contributed by atoms with Crippen molar-refractivity contribution in [3.8, 4) is 5.95 Å². The summed E-state index contributed by atoms with van der Waals surface area (Å²) in [6.07, 6.45) is 2.07. The molecule has 0 aliphatic carbocycles. The van der Waals surface area contributed by atoms with E-state index in [0.29, 0.717) is 34.5 Å². The second-order valence-electron chi connectivity index (χ2n) is 8.08. The van der Waals surface area contributed by atoms with Gasteiger partial charge in [-0.05, 0) is 39.0 Å². The average molecular weight is 510 g/mol. The van der Waals surface area contributed by atoms with E-state index in [-0.39, 0.29) is 18.2 Å². The first kappa shape index (κ1) is 25.4. The van der Waals surface area contributed by atoms with E-state index in [2.05, 4.69) is 24.9 Å². The Kier molecular flexibility index (Phi) is 8.34. The number of benzene rings is 1. The van der Waals surface area contributed by atoms with Crippen molar-refractivity contribution in [3.05, 3.63) is 63.2 Å². The summed E-state index contributed by atoms with van der Waals surface area (Å²) in [6, 6.07) is 7.62. The monoisotopic (exact) mass is 508 g/mol. The second-order valence-corrected chi connectivity index (χ2v) is 8.87. The first-order chi connectivity index (χ1) is 15.3. The Morgan fingerprint density at radius 2 is 1.70 bits per heavy atom. The summed E-state index contributed by atoms with van der Waals surface area (Å²) in [5.74, 6) is 0.577. The Bertz CT molecular complexity index is 1120. The van der Waals surface area contributed by atoms with E-state index >= 15 is 0 Å². The molecule has 0 amide bonds. The topological polar surface area (TPSA) is 67.2 Å². The van der Waals surface area contributed by atoms with Crippen LogP contribution in [-0.2, 0) is 0 Å². The summed E-state index contributed by atoms with van der Waals surface area (Å²) in [7, 11) is 0. The number of rotatable bonds is 6. The number of nitrogens with zero attached hydrogens (tertiary/aromatic N) is 6. The van der Waals surface area contributed by atoms with E-state index in [1.165, 1.54) is 0 Å². The standard InChI is InChI=1S/C23H26Cl2N6O.ClH/c1-15-13-16(2)28-23(27-15)31-17(3)18(14-26-31)21(32)7-8-29-9-11-30(12-10-29)20-6-4-5-19(24)22(20)25;/h4-6,13-14H,7-12H2,1-3H3;1H. The first-order valence-electron chi connectivity index (χ1n) is 10.7. The van der Waals surface area contributed by atoms with Gasteiger partial charge in [0.15, 0.2) is 5.78 Å². The highest BCUT2D eigenvalue weighted by Crippen LogP contribution is 2.32. The smallest absolute Gasteiger partial charge is 0.251 e. The lowest BCUT2D eigenvalue weighted by atomic mass is 10.1. The zero-order valence-corrected chi connectivity index (χ0v) is 21.2. The molecule has 1 aliphatic heterocycles. The number of hydrogen-bond acceptors (Lipinski definition) is 6. The summed E-state index contributed by atoms with van der Waals surface area (Å²) >= 11 is 12.5. The van der Waals surface area contributed by atoms with Crippen molar-refractivity contribution in [2.24, 2.45) is 0 Å². The fourth-order valence-electron chi connectivity index (χ4n) is 4.03. The molecule has 7 nitrogen and oxygen atoms in total. The number of carbonyl (C=O) groups is 1. The maximum absolute atomic E-state index is 12.9. The van der Waals surface area contributed by atoms with Gasteiger partial charge in [-0.25, -0.2) is 14.6 Å². The van der Waals surface area contributed by atoms with Crippen LogP contribution in [0.25, 0.3) is 5.95 Å². The van der Waals surface area contributed by atoms with Gasteiger partial charge in [0.2, 0.25) is 0 Å². The summed E-state index contributed by atoms with van der Waals surface area (Å²) in [6.45, 7) is 9.85. The quantitative estimate of drug-likeness (QED) is 0.448. The van der Waals surface area contributed by atoms with E-state index in [1.54, 1.807) is 16.9 Å². The number of ketones is 1. The van der Waals surface area contributed by atoms with E-state index in [1.807, 2.05) is 39.0 Å². The van der Waals surface area contributed by atoms with Crippen LogP contribution in [0.15, 0.2) is 30.5 Å².